The fourth-order valence-corrected chi connectivity index (χ4v) is 2.31. The number of hydrogen-bond acceptors (Lipinski definition) is 5. The molecule has 0 aliphatic carbocycles. The Bertz CT molecular complexity index is 650. The Labute approximate surface area is 126 Å². The van der Waals surface area contributed by atoms with Gasteiger partial charge in [-0.1, -0.05) is 0 Å². The minimum absolute atomic E-state index is 0.122. The highest BCUT2D eigenvalue weighted by molar-refractivity contribution is 7.35. The Balaban J connectivity index is 1.97. The summed E-state index contributed by atoms with van der Waals surface area (Å²) in [6.07, 6.45) is 0. The third-order valence-electron chi connectivity index (χ3n) is 2.62. The summed E-state index contributed by atoms with van der Waals surface area (Å²) >= 11 is 0. The summed E-state index contributed by atoms with van der Waals surface area (Å²) in [5, 5.41) is 25.3. The quantitative estimate of drug-likeness (QED) is 0.702. The number of carboxylic acid groups (broad SMARTS) is 2. The van der Waals surface area contributed by atoms with Crippen LogP contribution in [0.4, 0.5) is 0 Å². The van der Waals surface area contributed by atoms with Gasteiger partial charge in [-0.2, -0.15) is 0 Å². The molecule has 0 saturated carbocycles. The monoisotopic (exact) mass is 321 g/mol. The van der Waals surface area contributed by atoms with Gasteiger partial charge in [0.25, 0.3) is 8.17 Å². The molecule has 0 aliphatic rings. The lowest BCUT2D eigenvalue weighted by molar-refractivity contribution is 0.0686. The topological polar surface area (TPSA) is 117 Å². The predicted octanol–water partition coefficient (Wildman–Crippen LogP) is 3.35. The molecule has 22 heavy (non-hydrogen) atoms. The zero-order valence-electron chi connectivity index (χ0n) is 11.1. The van der Waals surface area contributed by atoms with Gasteiger partial charge in [-0.05, 0) is 48.5 Å². The average Bonchev–Trinajstić information content (AvgIpc) is 2.48. The molecule has 0 spiro atoms. The Morgan fingerprint density at radius 3 is 1.36 bits per heavy atom. The second-order valence-electron chi connectivity index (χ2n) is 4.15. The molecule has 0 bridgehead atoms. The maximum absolute atomic E-state index is 10.7. The van der Waals surface area contributed by atoms with Gasteiger partial charge >= 0.3 is 11.9 Å². The normalized spacial score (nSPS) is 10.2. The lowest BCUT2D eigenvalue weighted by Gasteiger charge is -2.10. The van der Waals surface area contributed by atoms with Crippen LogP contribution in [0.25, 0.3) is 0 Å². The van der Waals surface area contributed by atoms with Crippen molar-refractivity contribution < 1.29 is 28.8 Å². The van der Waals surface area contributed by atoms with Gasteiger partial charge in [0.15, 0.2) is 0 Å². The van der Waals surface area contributed by atoms with Gasteiger partial charge in [0.2, 0.25) is 0 Å². The molecule has 0 aliphatic heterocycles. The Morgan fingerprint density at radius 1 is 0.773 bits per heavy atom. The van der Waals surface area contributed by atoms with Crippen molar-refractivity contribution in [3.8, 4) is 11.5 Å². The molecule has 0 amide bonds. The Kier molecular flexibility index (Phi) is 4.80. The largest absolute Gasteiger partial charge is 0.478 e. The molecule has 2 rings (SSSR count). The van der Waals surface area contributed by atoms with Crippen LogP contribution in [0, 0.1) is 5.16 Å². The van der Waals surface area contributed by atoms with Crippen molar-refractivity contribution in [2.45, 2.75) is 0 Å². The van der Waals surface area contributed by atoms with Gasteiger partial charge in [0.1, 0.15) is 11.5 Å². The molecule has 0 atom stereocenters. The summed E-state index contributed by atoms with van der Waals surface area (Å²) in [5.41, 5.74) is 0.243. The lowest BCUT2D eigenvalue weighted by Crippen LogP contribution is -1.96. The van der Waals surface area contributed by atoms with E-state index in [-0.39, 0.29) is 11.1 Å². The van der Waals surface area contributed by atoms with Crippen LogP contribution in [0.5, 0.6) is 11.5 Å². The number of rotatable bonds is 6. The van der Waals surface area contributed by atoms with E-state index in [1.54, 1.807) is 0 Å². The molecule has 0 aromatic heterocycles. The van der Waals surface area contributed by atoms with Crippen LogP contribution in [-0.2, 0) is 0 Å². The van der Waals surface area contributed by atoms with Gasteiger partial charge in [0, 0.05) is 0 Å². The summed E-state index contributed by atoms with van der Waals surface area (Å²) in [7, 11) is -2.40. The molecule has 114 valence electrons. The van der Waals surface area contributed by atoms with Crippen LogP contribution >= 0.6 is 8.17 Å². The van der Waals surface area contributed by atoms with Crippen molar-refractivity contribution >= 4 is 20.1 Å². The Hall–Kier alpha value is -2.79. The molecule has 2 aromatic carbocycles. The van der Waals surface area contributed by atoms with Crippen LogP contribution in [0.2, 0.25) is 0 Å². The number of hydrogen-bond donors (Lipinski definition) is 3. The first-order valence-corrected chi connectivity index (χ1v) is 7.38. The molecule has 8 heteroatoms. The Morgan fingerprint density at radius 2 is 1.09 bits per heavy atom. The highest BCUT2D eigenvalue weighted by Crippen LogP contribution is 2.31. The molecule has 2 aromatic rings. The van der Waals surface area contributed by atoms with E-state index in [0.29, 0.717) is 11.5 Å². The third kappa shape index (κ3) is 4.10. The van der Waals surface area contributed by atoms with E-state index < -0.39 is 20.1 Å². The molecular weight excluding hydrogens is 309 g/mol. The fourth-order valence-electron chi connectivity index (χ4n) is 1.57. The smallest absolute Gasteiger partial charge is 0.335 e. The van der Waals surface area contributed by atoms with E-state index in [1.807, 2.05) is 0 Å². The van der Waals surface area contributed by atoms with Crippen molar-refractivity contribution in [1.82, 2.24) is 0 Å². The molecule has 0 fully saturated rings. The number of carbonyl (C=O) groups is 2. The van der Waals surface area contributed by atoms with Gasteiger partial charge in [-0.25, -0.2) is 9.59 Å². The van der Waals surface area contributed by atoms with Crippen molar-refractivity contribution in [2.75, 3.05) is 0 Å². The lowest BCUT2D eigenvalue weighted by atomic mass is 10.2. The zero-order chi connectivity index (χ0) is 16.1. The number of nitrogens with one attached hydrogen (secondary N) is 1. The van der Waals surface area contributed by atoms with E-state index in [4.69, 9.17) is 24.4 Å². The van der Waals surface area contributed by atoms with Crippen LogP contribution in [0.1, 0.15) is 20.7 Å². The first-order valence-electron chi connectivity index (χ1n) is 6.06. The maximum atomic E-state index is 10.7. The van der Waals surface area contributed by atoms with E-state index in [2.05, 4.69) is 0 Å². The first-order chi connectivity index (χ1) is 10.5. The SMILES string of the molecule is N=[PH](Oc1ccc(C(=O)O)cc1)Oc1ccc(C(=O)O)cc1. The molecular formula is C14H12NO6P. The van der Waals surface area contributed by atoms with Crippen LogP contribution in [0.3, 0.4) is 0 Å². The highest BCUT2D eigenvalue weighted by atomic mass is 31.1. The second-order valence-corrected chi connectivity index (χ2v) is 5.13. The molecule has 0 saturated heterocycles. The van der Waals surface area contributed by atoms with Crippen LogP contribution in [-0.4, -0.2) is 22.2 Å². The van der Waals surface area contributed by atoms with Gasteiger partial charge in [-0.15, -0.1) is 0 Å². The third-order valence-corrected chi connectivity index (χ3v) is 3.47. The summed E-state index contributed by atoms with van der Waals surface area (Å²) < 4.78 is 10.5. The van der Waals surface area contributed by atoms with E-state index in [0.717, 1.165) is 0 Å². The maximum Gasteiger partial charge on any atom is 0.335 e. The molecule has 3 N–H and O–H groups in total. The molecule has 0 heterocycles. The minimum atomic E-state index is -2.40. The number of carboxylic acids is 2. The summed E-state index contributed by atoms with van der Waals surface area (Å²) in [5.74, 6) is -1.43. The standard InChI is InChI=1S/C14H12NO6P/c15-22(20-11-5-1-9(2-6-11)13(16)17)21-12-7-3-10(4-8-12)14(18)19/h1-8,15,22H,(H,16,17)(H,18,19). The van der Waals surface area contributed by atoms with Crippen LogP contribution in [0.15, 0.2) is 48.5 Å². The summed E-state index contributed by atoms with van der Waals surface area (Å²) in [6, 6.07) is 11.3. The van der Waals surface area contributed by atoms with Gasteiger partial charge < -0.3 is 19.3 Å². The first kappa shape index (κ1) is 15.6. The minimum Gasteiger partial charge on any atom is -0.478 e. The number of benzene rings is 2. The van der Waals surface area contributed by atoms with Crippen molar-refractivity contribution in [3.05, 3.63) is 59.7 Å². The molecule has 0 radical (unpaired) electrons. The highest BCUT2D eigenvalue weighted by Gasteiger charge is 2.06. The predicted molar refractivity (Wildman–Crippen MR) is 79.1 cm³/mol. The van der Waals surface area contributed by atoms with Crippen molar-refractivity contribution in [2.24, 2.45) is 0 Å². The van der Waals surface area contributed by atoms with Gasteiger partial charge in [0.05, 0.1) is 11.1 Å². The van der Waals surface area contributed by atoms with Crippen molar-refractivity contribution in [3.63, 3.8) is 0 Å². The zero-order valence-corrected chi connectivity index (χ0v) is 12.1. The van der Waals surface area contributed by atoms with Crippen molar-refractivity contribution in [1.29, 1.82) is 5.16 Å². The molecule has 7 nitrogen and oxygen atoms in total. The van der Waals surface area contributed by atoms with E-state index in [1.165, 1.54) is 48.5 Å². The van der Waals surface area contributed by atoms with Gasteiger partial charge in [-0.3, -0.25) is 5.16 Å². The van der Waals surface area contributed by atoms with E-state index in [9.17, 15) is 9.59 Å². The fraction of sp³-hybridized carbons (Fsp3) is 0. The summed E-state index contributed by atoms with van der Waals surface area (Å²) in [6.45, 7) is 0. The second kappa shape index (κ2) is 6.78. The molecule has 0 unspecified atom stereocenters. The van der Waals surface area contributed by atoms with Crippen LogP contribution < -0.4 is 9.05 Å². The van der Waals surface area contributed by atoms with E-state index >= 15 is 0 Å². The summed E-state index contributed by atoms with van der Waals surface area (Å²) in [4.78, 5) is 21.4. The number of aromatic carboxylic acids is 2. The average molecular weight is 321 g/mol.